The van der Waals surface area contributed by atoms with Crippen molar-refractivity contribution in [3.8, 4) is 11.8 Å². The van der Waals surface area contributed by atoms with Crippen molar-refractivity contribution in [2.75, 3.05) is 0 Å². The summed E-state index contributed by atoms with van der Waals surface area (Å²) < 4.78 is 2.05. The zero-order valence-electron chi connectivity index (χ0n) is 17.6. The number of hydrogen-bond acceptors (Lipinski definition) is 4. The number of rotatable bonds is 3. The number of hydrogen-bond donors (Lipinski definition) is 2. The summed E-state index contributed by atoms with van der Waals surface area (Å²) in [5, 5.41) is 17.8. The Labute approximate surface area is 177 Å². The lowest BCUT2D eigenvalue weighted by Gasteiger charge is -2.61. The first-order valence-corrected chi connectivity index (χ1v) is 10.8. The van der Waals surface area contributed by atoms with Crippen LogP contribution >= 0.6 is 0 Å². The van der Waals surface area contributed by atoms with Crippen LogP contribution in [0.1, 0.15) is 68.3 Å². The van der Waals surface area contributed by atoms with Crippen LogP contribution < -0.4 is 5.32 Å². The molecule has 156 valence electrons. The molecule has 4 aliphatic rings. The van der Waals surface area contributed by atoms with Crippen molar-refractivity contribution in [2.45, 2.75) is 69.1 Å². The Morgan fingerprint density at radius 3 is 2.70 bits per heavy atom. The van der Waals surface area contributed by atoms with Gasteiger partial charge in [-0.25, -0.2) is 9.67 Å². The summed E-state index contributed by atoms with van der Waals surface area (Å²) >= 11 is 0. The third kappa shape index (κ3) is 3.52. The van der Waals surface area contributed by atoms with Crippen molar-refractivity contribution < 1.29 is 9.90 Å². The average Bonchev–Trinajstić information content (AvgIpc) is 3.20. The minimum Gasteiger partial charge on any atom is -0.378 e. The summed E-state index contributed by atoms with van der Waals surface area (Å²) in [7, 11) is 0. The Morgan fingerprint density at radius 1 is 1.27 bits per heavy atom. The molecule has 0 saturated heterocycles. The minimum absolute atomic E-state index is 0.0199. The zero-order valence-corrected chi connectivity index (χ0v) is 17.6. The number of carbonyl (C=O) groups is 1. The molecule has 1 aromatic carbocycles. The van der Waals surface area contributed by atoms with E-state index in [1.807, 2.05) is 30.6 Å². The zero-order chi connectivity index (χ0) is 21.0. The van der Waals surface area contributed by atoms with Gasteiger partial charge in [-0.15, -0.1) is 0 Å². The predicted molar refractivity (Wildman–Crippen MR) is 112 cm³/mol. The van der Waals surface area contributed by atoms with Gasteiger partial charge < -0.3 is 10.4 Å². The summed E-state index contributed by atoms with van der Waals surface area (Å²) in [6, 6.07) is 7.35. The van der Waals surface area contributed by atoms with Crippen molar-refractivity contribution in [3.05, 3.63) is 48.0 Å². The molecule has 0 radical (unpaired) electrons. The number of nitrogens with one attached hydrogen (secondary N) is 1. The molecule has 1 aromatic heterocycles. The van der Waals surface area contributed by atoms with Gasteiger partial charge in [0.2, 0.25) is 0 Å². The first-order valence-electron chi connectivity index (χ1n) is 10.8. The van der Waals surface area contributed by atoms with Crippen LogP contribution in [0.4, 0.5) is 0 Å². The third-order valence-corrected chi connectivity index (χ3v) is 6.95. The van der Waals surface area contributed by atoms with Crippen LogP contribution in [0.15, 0.2) is 36.9 Å². The summed E-state index contributed by atoms with van der Waals surface area (Å²) in [5.41, 5.74) is 0.0839. The maximum atomic E-state index is 13.2. The fraction of sp³-hybridized carbons (Fsp3) is 0.542. The highest BCUT2D eigenvalue weighted by atomic mass is 16.3. The Morgan fingerprint density at radius 2 is 2.03 bits per heavy atom. The van der Waals surface area contributed by atoms with Gasteiger partial charge in [0.05, 0.1) is 5.54 Å². The highest BCUT2D eigenvalue weighted by molar-refractivity contribution is 5.95. The van der Waals surface area contributed by atoms with Crippen LogP contribution in [0.25, 0.3) is 0 Å². The fourth-order valence-corrected chi connectivity index (χ4v) is 6.36. The van der Waals surface area contributed by atoms with E-state index in [1.54, 1.807) is 20.2 Å². The van der Waals surface area contributed by atoms with Gasteiger partial charge in [-0.05, 0) is 82.4 Å². The molecule has 1 heterocycles. The van der Waals surface area contributed by atoms with Crippen LogP contribution in [0.5, 0.6) is 0 Å². The number of aliphatic hydroxyl groups is 1. The van der Waals surface area contributed by atoms with E-state index in [9.17, 15) is 9.90 Å². The van der Waals surface area contributed by atoms with Crippen LogP contribution in [0.2, 0.25) is 0 Å². The van der Waals surface area contributed by atoms with Crippen LogP contribution in [0.3, 0.4) is 0 Å². The molecule has 4 aliphatic carbocycles. The van der Waals surface area contributed by atoms with E-state index in [4.69, 9.17) is 0 Å². The maximum Gasteiger partial charge on any atom is 0.251 e. The monoisotopic (exact) mass is 404 g/mol. The molecule has 0 spiro atoms. The summed E-state index contributed by atoms with van der Waals surface area (Å²) in [6.45, 7) is 3.29. The van der Waals surface area contributed by atoms with Crippen molar-refractivity contribution in [1.82, 2.24) is 20.1 Å². The largest absolute Gasteiger partial charge is 0.378 e. The summed E-state index contributed by atoms with van der Waals surface area (Å²) in [5.74, 6) is 6.98. The van der Waals surface area contributed by atoms with Gasteiger partial charge in [-0.2, -0.15) is 5.10 Å². The van der Waals surface area contributed by atoms with Gasteiger partial charge in [0, 0.05) is 16.7 Å². The second kappa shape index (κ2) is 6.68. The molecule has 6 rings (SSSR count). The molecule has 4 saturated carbocycles. The van der Waals surface area contributed by atoms with Gasteiger partial charge in [-0.3, -0.25) is 4.79 Å². The van der Waals surface area contributed by atoms with Crippen LogP contribution in [0, 0.1) is 23.7 Å². The van der Waals surface area contributed by atoms with E-state index in [2.05, 4.69) is 31.9 Å². The third-order valence-electron chi connectivity index (χ3n) is 6.95. The molecule has 6 nitrogen and oxygen atoms in total. The van der Waals surface area contributed by atoms with Crippen molar-refractivity contribution in [3.63, 3.8) is 0 Å². The highest BCUT2D eigenvalue weighted by Gasteiger charge is 2.59. The predicted octanol–water partition coefficient (Wildman–Crippen LogP) is 2.88. The lowest BCUT2D eigenvalue weighted by atomic mass is 9.50. The molecular weight excluding hydrogens is 376 g/mol. The van der Waals surface area contributed by atoms with Crippen molar-refractivity contribution >= 4 is 5.91 Å². The topological polar surface area (TPSA) is 80.0 Å². The smallest absolute Gasteiger partial charge is 0.251 e. The highest BCUT2D eigenvalue weighted by Crippen LogP contribution is 2.60. The Bertz CT molecular complexity index is 1010. The fourth-order valence-electron chi connectivity index (χ4n) is 6.36. The van der Waals surface area contributed by atoms with Gasteiger partial charge in [-0.1, -0.05) is 17.9 Å². The number of nitrogens with zero attached hydrogens (tertiary/aromatic N) is 3. The van der Waals surface area contributed by atoms with E-state index in [1.165, 1.54) is 6.42 Å². The first kappa shape index (κ1) is 19.3. The molecule has 1 amide bonds. The Kier molecular flexibility index (Phi) is 4.30. The summed E-state index contributed by atoms with van der Waals surface area (Å²) in [6.07, 6.45) is 9.99. The van der Waals surface area contributed by atoms with E-state index in [0.29, 0.717) is 17.4 Å². The van der Waals surface area contributed by atoms with E-state index in [0.717, 1.165) is 37.7 Å². The number of amides is 1. The first-order chi connectivity index (χ1) is 14.2. The van der Waals surface area contributed by atoms with E-state index in [-0.39, 0.29) is 17.0 Å². The summed E-state index contributed by atoms with van der Waals surface area (Å²) in [4.78, 5) is 17.4. The molecule has 2 atom stereocenters. The molecule has 2 unspecified atom stereocenters. The normalized spacial score (nSPS) is 31.8. The lowest BCUT2D eigenvalue weighted by molar-refractivity contribution is -0.0744. The molecule has 0 aliphatic heterocycles. The Hall–Kier alpha value is -2.65. The molecule has 2 aromatic rings. The van der Waals surface area contributed by atoms with Gasteiger partial charge >= 0.3 is 0 Å². The van der Waals surface area contributed by atoms with Gasteiger partial charge in [0.25, 0.3) is 5.91 Å². The quantitative estimate of drug-likeness (QED) is 0.771. The molecule has 4 fully saturated rings. The number of carbonyl (C=O) groups excluding carboxylic acids is 1. The van der Waals surface area contributed by atoms with E-state index >= 15 is 0 Å². The van der Waals surface area contributed by atoms with Gasteiger partial charge in [0.15, 0.2) is 0 Å². The average molecular weight is 405 g/mol. The van der Waals surface area contributed by atoms with Crippen molar-refractivity contribution in [2.24, 2.45) is 11.8 Å². The second-order valence-electron chi connectivity index (χ2n) is 10.1. The molecule has 30 heavy (non-hydrogen) atoms. The molecule has 2 N–H and O–H groups in total. The molecule has 4 bridgehead atoms. The van der Waals surface area contributed by atoms with E-state index < -0.39 is 5.60 Å². The van der Waals surface area contributed by atoms with Crippen molar-refractivity contribution in [1.29, 1.82) is 0 Å². The Balaban J connectivity index is 1.39. The van der Waals surface area contributed by atoms with Crippen LogP contribution in [-0.4, -0.2) is 36.9 Å². The number of aromatic nitrogens is 3. The molecule has 6 heteroatoms. The minimum atomic E-state index is -1.06. The van der Waals surface area contributed by atoms with Gasteiger partial charge in [0.1, 0.15) is 18.3 Å². The molecular formula is C24H28N4O2. The maximum absolute atomic E-state index is 13.2. The second-order valence-corrected chi connectivity index (χ2v) is 10.1. The number of benzene rings is 1. The lowest BCUT2D eigenvalue weighted by Crippen LogP contribution is -2.65. The van der Waals surface area contributed by atoms with Crippen LogP contribution in [-0.2, 0) is 5.54 Å². The SMILES string of the molecule is CC(C)(O)C#Cc1cccc(C(=O)NC23CC4CC(C2)CC(n2cncn2)(C4)C3)c1. The standard InChI is InChI=1S/C24H28N4O2/c1-22(2,30)7-6-17-4-3-5-20(9-17)21(29)27-23-10-18-8-19(11-23)13-24(12-18,14-23)28-16-25-15-26-28/h3-5,9,15-16,18-19,30H,8,10-14H2,1-2H3,(H,27,29).